The predicted octanol–water partition coefficient (Wildman–Crippen LogP) is 1.33. The fourth-order valence-corrected chi connectivity index (χ4v) is 2.08. The number of thiol groups is 1. The first-order valence-electron chi connectivity index (χ1n) is 5.23. The molecule has 0 amide bonds. The number of hydrogen-bond acceptors (Lipinski definition) is 3. The van der Waals surface area contributed by atoms with Gasteiger partial charge in [0.05, 0.1) is 0 Å². The average Bonchev–Trinajstić information content (AvgIpc) is 2.15. The second kappa shape index (κ2) is 5.89. The van der Waals surface area contributed by atoms with Crippen LogP contribution >= 0.6 is 12.6 Å². The fourth-order valence-electron chi connectivity index (χ4n) is 1.94. The summed E-state index contributed by atoms with van der Waals surface area (Å²) in [6.45, 7) is 3.73. The van der Waals surface area contributed by atoms with Crippen LogP contribution in [0.2, 0.25) is 0 Å². The molecule has 0 radical (unpaired) electrons. The molecule has 0 spiro atoms. The Bertz CT molecular complexity index is 133. The minimum atomic E-state index is 0.816. The van der Waals surface area contributed by atoms with Gasteiger partial charge in [0.25, 0.3) is 0 Å². The van der Waals surface area contributed by atoms with Gasteiger partial charge >= 0.3 is 0 Å². The molecular formula is C10H22N2S. The zero-order valence-electron chi connectivity index (χ0n) is 8.87. The van der Waals surface area contributed by atoms with Gasteiger partial charge in [0.15, 0.2) is 0 Å². The Balaban J connectivity index is 2.19. The van der Waals surface area contributed by atoms with Crippen LogP contribution in [0.4, 0.5) is 0 Å². The fraction of sp³-hybridized carbons (Fsp3) is 1.00. The van der Waals surface area contributed by atoms with Gasteiger partial charge < -0.3 is 9.80 Å². The second-order valence-electron chi connectivity index (χ2n) is 4.09. The molecule has 0 saturated carbocycles. The standard InChI is InChI=1S/C10H22N2S/c1-11-7-4-10(5-8-11)12(2)6-3-9-13/h10,13H,3-9H2,1-2H3. The summed E-state index contributed by atoms with van der Waals surface area (Å²) in [5, 5.41) is 0. The smallest absolute Gasteiger partial charge is 0.0117 e. The van der Waals surface area contributed by atoms with Crippen molar-refractivity contribution in [2.24, 2.45) is 0 Å². The molecule has 0 aliphatic carbocycles. The zero-order valence-corrected chi connectivity index (χ0v) is 9.76. The van der Waals surface area contributed by atoms with E-state index >= 15 is 0 Å². The number of likely N-dealkylation sites (tertiary alicyclic amines) is 1. The van der Waals surface area contributed by atoms with Gasteiger partial charge in [0.1, 0.15) is 0 Å². The van der Waals surface area contributed by atoms with Crippen LogP contribution in [0.5, 0.6) is 0 Å². The van der Waals surface area contributed by atoms with Gasteiger partial charge in [-0.05, 0) is 58.7 Å². The molecule has 1 rings (SSSR count). The maximum Gasteiger partial charge on any atom is 0.0117 e. The van der Waals surface area contributed by atoms with E-state index in [4.69, 9.17) is 0 Å². The van der Waals surface area contributed by atoms with Crippen LogP contribution in [-0.4, -0.2) is 55.3 Å². The van der Waals surface area contributed by atoms with Crippen LogP contribution in [-0.2, 0) is 0 Å². The normalized spacial score (nSPS) is 21.2. The van der Waals surface area contributed by atoms with Gasteiger partial charge in [0, 0.05) is 6.04 Å². The highest BCUT2D eigenvalue weighted by molar-refractivity contribution is 7.80. The molecule has 1 saturated heterocycles. The largest absolute Gasteiger partial charge is 0.306 e. The highest BCUT2D eigenvalue weighted by Crippen LogP contribution is 2.14. The van der Waals surface area contributed by atoms with Crippen LogP contribution in [0.25, 0.3) is 0 Å². The third-order valence-corrected chi connectivity index (χ3v) is 3.30. The third kappa shape index (κ3) is 3.88. The molecule has 0 aromatic carbocycles. The van der Waals surface area contributed by atoms with Gasteiger partial charge in [0.2, 0.25) is 0 Å². The van der Waals surface area contributed by atoms with E-state index in [9.17, 15) is 0 Å². The molecule has 13 heavy (non-hydrogen) atoms. The van der Waals surface area contributed by atoms with Gasteiger partial charge in [-0.3, -0.25) is 0 Å². The summed E-state index contributed by atoms with van der Waals surface area (Å²) in [7, 11) is 4.46. The van der Waals surface area contributed by atoms with Gasteiger partial charge in [-0.25, -0.2) is 0 Å². The van der Waals surface area contributed by atoms with Gasteiger partial charge in [-0.2, -0.15) is 12.6 Å². The Kier molecular flexibility index (Phi) is 5.14. The Hall–Kier alpha value is 0.270. The Labute approximate surface area is 87.7 Å². The maximum absolute atomic E-state index is 4.24. The van der Waals surface area contributed by atoms with E-state index < -0.39 is 0 Å². The first kappa shape index (κ1) is 11.3. The molecule has 0 N–H and O–H groups in total. The number of rotatable bonds is 4. The molecule has 1 heterocycles. The van der Waals surface area contributed by atoms with E-state index in [1.165, 1.54) is 38.9 Å². The van der Waals surface area contributed by atoms with Crippen molar-refractivity contribution >= 4 is 12.6 Å². The summed E-state index contributed by atoms with van der Waals surface area (Å²) >= 11 is 4.24. The molecule has 78 valence electrons. The Morgan fingerprint density at radius 3 is 2.54 bits per heavy atom. The van der Waals surface area contributed by atoms with E-state index in [1.54, 1.807) is 0 Å². The Morgan fingerprint density at radius 1 is 1.38 bits per heavy atom. The van der Waals surface area contributed by atoms with E-state index in [0.717, 1.165) is 11.8 Å². The lowest BCUT2D eigenvalue weighted by atomic mass is 10.0. The van der Waals surface area contributed by atoms with Crippen molar-refractivity contribution in [3.05, 3.63) is 0 Å². The molecule has 1 aliphatic heterocycles. The van der Waals surface area contributed by atoms with E-state index in [0.29, 0.717) is 0 Å². The minimum Gasteiger partial charge on any atom is -0.306 e. The third-order valence-electron chi connectivity index (χ3n) is 2.98. The van der Waals surface area contributed by atoms with Crippen molar-refractivity contribution in [2.75, 3.05) is 39.5 Å². The van der Waals surface area contributed by atoms with Crippen molar-refractivity contribution < 1.29 is 0 Å². The van der Waals surface area contributed by atoms with E-state index in [2.05, 4.69) is 36.5 Å². The summed E-state index contributed by atoms with van der Waals surface area (Å²) in [5.41, 5.74) is 0. The molecule has 1 aliphatic rings. The average molecular weight is 202 g/mol. The highest BCUT2D eigenvalue weighted by atomic mass is 32.1. The molecule has 3 heteroatoms. The lowest BCUT2D eigenvalue weighted by Gasteiger charge is -2.35. The van der Waals surface area contributed by atoms with Crippen LogP contribution in [0.15, 0.2) is 0 Å². The van der Waals surface area contributed by atoms with Gasteiger partial charge in [-0.15, -0.1) is 0 Å². The summed E-state index contributed by atoms with van der Waals surface area (Å²) in [4.78, 5) is 4.92. The SMILES string of the molecule is CN1CCC(N(C)CCCS)CC1. The lowest BCUT2D eigenvalue weighted by molar-refractivity contribution is 0.145. The second-order valence-corrected chi connectivity index (χ2v) is 4.54. The van der Waals surface area contributed by atoms with Crippen LogP contribution in [0, 0.1) is 0 Å². The van der Waals surface area contributed by atoms with Gasteiger partial charge in [-0.1, -0.05) is 0 Å². The quantitative estimate of drug-likeness (QED) is 0.687. The molecule has 0 aromatic heterocycles. The number of nitrogens with zero attached hydrogens (tertiary/aromatic N) is 2. The lowest BCUT2D eigenvalue weighted by Crippen LogP contribution is -2.42. The van der Waals surface area contributed by atoms with Crippen LogP contribution < -0.4 is 0 Å². The number of piperidine rings is 1. The van der Waals surface area contributed by atoms with Crippen molar-refractivity contribution in [3.63, 3.8) is 0 Å². The topological polar surface area (TPSA) is 6.48 Å². The zero-order chi connectivity index (χ0) is 9.68. The first-order valence-corrected chi connectivity index (χ1v) is 5.87. The summed E-state index contributed by atoms with van der Waals surface area (Å²) < 4.78 is 0. The molecule has 0 atom stereocenters. The van der Waals surface area contributed by atoms with E-state index in [1.807, 2.05) is 0 Å². The predicted molar refractivity (Wildman–Crippen MR) is 61.6 cm³/mol. The molecule has 0 unspecified atom stereocenters. The molecule has 1 fully saturated rings. The molecular weight excluding hydrogens is 180 g/mol. The summed E-state index contributed by atoms with van der Waals surface area (Å²) in [6.07, 6.45) is 3.88. The van der Waals surface area contributed by atoms with Crippen molar-refractivity contribution in [1.29, 1.82) is 0 Å². The van der Waals surface area contributed by atoms with Crippen molar-refractivity contribution in [1.82, 2.24) is 9.80 Å². The first-order chi connectivity index (χ1) is 6.24. The summed E-state index contributed by atoms with van der Waals surface area (Å²) in [6, 6.07) is 0.816. The monoisotopic (exact) mass is 202 g/mol. The van der Waals surface area contributed by atoms with Crippen LogP contribution in [0.3, 0.4) is 0 Å². The summed E-state index contributed by atoms with van der Waals surface area (Å²) in [5.74, 6) is 1.01. The van der Waals surface area contributed by atoms with Crippen molar-refractivity contribution in [3.8, 4) is 0 Å². The van der Waals surface area contributed by atoms with E-state index in [-0.39, 0.29) is 0 Å². The Morgan fingerprint density at radius 2 is 2.00 bits per heavy atom. The van der Waals surface area contributed by atoms with Crippen LogP contribution in [0.1, 0.15) is 19.3 Å². The molecule has 0 bridgehead atoms. The number of hydrogen-bond donors (Lipinski definition) is 1. The molecule has 2 nitrogen and oxygen atoms in total. The molecule has 0 aromatic rings. The van der Waals surface area contributed by atoms with Crippen molar-refractivity contribution in [2.45, 2.75) is 25.3 Å². The minimum absolute atomic E-state index is 0.816. The maximum atomic E-state index is 4.24. The highest BCUT2D eigenvalue weighted by Gasteiger charge is 2.19.